The van der Waals surface area contributed by atoms with Crippen molar-refractivity contribution in [3.63, 3.8) is 0 Å². The Hall–Kier alpha value is -6.20. The van der Waals surface area contributed by atoms with E-state index in [9.17, 15) is 0 Å². The van der Waals surface area contributed by atoms with Crippen LogP contribution in [0, 0.1) is 0 Å². The van der Waals surface area contributed by atoms with Crippen molar-refractivity contribution in [2.45, 2.75) is 0 Å². The van der Waals surface area contributed by atoms with Crippen LogP contribution in [0.3, 0.4) is 0 Å². The van der Waals surface area contributed by atoms with Gasteiger partial charge in [0.1, 0.15) is 28.0 Å². The lowest BCUT2D eigenvalue weighted by Crippen LogP contribution is -2.00. The van der Waals surface area contributed by atoms with Gasteiger partial charge in [-0.1, -0.05) is 91.0 Å². The molecule has 210 valence electrons. The van der Waals surface area contributed by atoms with Crippen LogP contribution in [0.25, 0.3) is 94.1 Å². The Labute approximate surface area is 256 Å². The number of rotatable bonds is 3. The number of benzene rings is 6. The summed E-state index contributed by atoms with van der Waals surface area (Å²) in [7, 11) is 0. The van der Waals surface area contributed by atoms with Crippen LogP contribution in [0.2, 0.25) is 0 Å². The summed E-state index contributed by atoms with van der Waals surface area (Å²) >= 11 is 0. The van der Waals surface area contributed by atoms with Gasteiger partial charge in [-0.3, -0.25) is 0 Å². The summed E-state index contributed by atoms with van der Waals surface area (Å²) in [5, 5.41) is 5.55. The normalized spacial score (nSPS) is 12.0. The minimum Gasteiger partial charge on any atom is -0.456 e. The molecule has 0 aliphatic heterocycles. The third kappa shape index (κ3) is 3.49. The summed E-state index contributed by atoms with van der Waals surface area (Å²) in [5.74, 6) is 0.638. The molecule has 6 aromatic carbocycles. The van der Waals surface area contributed by atoms with Gasteiger partial charge in [0.15, 0.2) is 11.4 Å². The highest BCUT2D eigenvalue weighted by atomic mass is 16.3. The first-order valence-corrected chi connectivity index (χ1v) is 15.0. The zero-order valence-corrected chi connectivity index (χ0v) is 23.9. The molecule has 4 aromatic heterocycles. The lowest BCUT2D eigenvalue weighted by molar-refractivity contribution is 0.667. The molecule has 0 spiro atoms. The fraction of sp³-hybridized carbons (Fsp3) is 0. The summed E-state index contributed by atoms with van der Waals surface area (Å²) < 4.78 is 15.0. The largest absolute Gasteiger partial charge is 0.456 e. The van der Waals surface area contributed by atoms with Crippen LogP contribution in [0.4, 0.5) is 0 Å². The van der Waals surface area contributed by atoms with E-state index in [4.69, 9.17) is 18.8 Å². The SMILES string of the molecule is c1ccc(-c2nc(-c3ccccc3-n3c4ccccc4c4cc5c(cc43)oc3ccccc35)nc3c2oc2ccccc23)cc1. The van der Waals surface area contributed by atoms with Crippen molar-refractivity contribution in [1.82, 2.24) is 14.5 Å². The molecule has 4 heterocycles. The summed E-state index contributed by atoms with van der Waals surface area (Å²) in [6.07, 6.45) is 0. The van der Waals surface area contributed by atoms with Gasteiger partial charge in [0.05, 0.1) is 16.7 Å². The lowest BCUT2D eigenvalue weighted by Gasteiger charge is -2.14. The Morgan fingerprint density at radius 3 is 2.02 bits per heavy atom. The Morgan fingerprint density at radius 2 is 1.16 bits per heavy atom. The summed E-state index contributed by atoms with van der Waals surface area (Å²) in [6, 6.07) is 47.8. The van der Waals surface area contributed by atoms with Crippen LogP contribution < -0.4 is 0 Å². The maximum atomic E-state index is 6.37. The van der Waals surface area contributed by atoms with E-state index in [0.29, 0.717) is 11.4 Å². The molecular formula is C40H23N3O2. The molecule has 5 nitrogen and oxygen atoms in total. The third-order valence-corrected chi connectivity index (χ3v) is 8.82. The molecule has 10 rings (SSSR count). The molecule has 0 aliphatic rings. The van der Waals surface area contributed by atoms with Crippen LogP contribution in [0.15, 0.2) is 148 Å². The van der Waals surface area contributed by atoms with Crippen molar-refractivity contribution in [2.75, 3.05) is 0 Å². The maximum absolute atomic E-state index is 6.37. The highest BCUT2D eigenvalue weighted by Gasteiger charge is 2.22. The molecule has 0 unspecified atom stereocenters. The standard InChI is InChI=1S/C40H23N3O2/c1-2-12-24(13-3-1)37-39-38(28-17-7-11-21-35(28)45-39)42-40(41-37)27-16-5-9-19-32(27)43-31-18-8-4-14-25(31)29-22-30-26-15-6-10-20-34(26)44-36(30)23-33(29)43/h1-23H. The molecule has 0 radical (unpaired) electrons. The molecular weight excluding hydrogens is 554 g/mol. The Morgan fingerprint density at radius 1 is 0.467 bits per heavy atom. The van der Waals surface area contributed by atoms with Crippen molar-refractivity contribution < 1.29 is 8.83 Å². The number of fused-ring (bicyclic) bond motifs is 9. The van der Waals surface area contributed by atoms with Crippen LogP contribution in [0.1, 0.15) is 0 Å². The quantitative estimate of drug-likeness (QED) is 0.210. The van der Waals surface area contributed by atoms with Gasteiger partial charge >= 0.3 is 0 Å². The van der Waals surface area contributed by atoms with E-state index in [1.165, 1.54) is 10.8 Å². The minimum absolute atomic E-state index is 0.638. The first-order valence-electron chi connectivity index (χ1n) is 15.0. The average Bonchev–Trinajstić information content (AvgIpc) is 3.76. The summed E-state index contributed by atoms with van der Waals surface area (Å²) in [6.45, 7) is 0. The average molecular weight is 578 g/mol. The van der Waals surface area contributed by atoms with Crippen molar-refractivity contribution in [3.8, 4) is 28.3 Å². The van der Waals surface area contributed by atoms with E-state index in [0.717, 1.165) is 72.0 Å². The van der Waals surface area contributed by atoms with Gasteiger partial charge in [-0.15, -0.1) is 0 Å². The first-order chi connectivity index (χ1) is 22.3. The predicted octanol–water partition coefficient (Wildman–Crippen LogP) is 10.7. The van der Waals surface area contributed by atoms with Gasteiger partial charge in [0.25, 0.3) is 0 Å². The van der Waals surface area contributed by atoms with E-state index >= 15 is 0 Å². The Bertz CT molecular complexity index is 2770. The number of hydrogen-bond donors (Lipinski definition) is 0. The van der Waals surface area contributed by atoms with Gasteiger partial charge in [-0.05, 0) is 42.5 Å². The molecule has 0 saturated heterocycles. The van der Waals surface area contributed by atoms with E-state index in [-0.39, 0.29) is 0 Å². The lowest BCUT2D eigenvalue weighted by atomic mass is 10.1. The van der Waals surface area contributed by atoms with E-state index in [1.807, 2.05) is 54.6 Å². The van der Waals surface area contributed by atoms with E-state index < -0.39 is 0 Å². The topological polar surface area (TPSA) is 57.0 Å². The van der Waals surface area contributed by atoms with Gasteiger partial charge < -0.3 is 13.4 Å². The number of furan rings is 2. The van der Waals surface area contributed by atoms with Crippen LogP contribution in [0.5, 0.6) is 0 Å². The molecule has 0 atom stereocenters. The third-order valence-electron chi connectivity index (χ3n) is 8.82. The van der Waals surface area contributed by atoms with Gasteiger partial charge in [-0.25, -0.2) is 9.97 Å². The molecule has 0 saturated carbocycles. The molecule has 0 bridgehead atoms. The maximum Gasteiger partial charge on any atom is 0.180 e. The molecule has 45 heavy (non-hydrogen) atoms. The summed E-state index contributed by atoms with van der Waals surface area (Å²) in [5.41, 5.74) is 9.87. The Kier molecular flexibility index (Phi) is 4.93. The first kappa shape index (κ1) is 24.3. The van der Waals surface area contributed by atoms with E-state index in [2.05, 4.69) is 89.5 Å². The fourth-order valence-electron chi connectivity index (χ4n) is 6.81. The van der Waals surface area contributed by atoms with Crippen molar-refractivity contribution in [3.05, 3.63) is 140 Å². The van der Waals surface area contributed by atoms with Gasteiger partial charge in [-0.2, -0.15) is 0 Å². The van der Waals surface area contributed by atoms with Gasteiger partial charge in [0, 0.05) is 44.1 Å². The van der Waals surface area contributed by atoms with Gasteiger partial charge in [0.2, 0.25) is 0 Å². The zero-order chi connectivity index (χ0) is 29.5. The zero-order valence-electron chi connectivity index (χ0n) is 23.9. The number of nitrogens with zero attached hydrogens (tertiary/aromatic N) is 3. The molecule has 0 amide bonds. The van der Waals surface area contributed by atoms with Crippen molar-refractivity contribution in [2.24, 2.45) is 0 Å². The monoisotopic (exact) mass is 577 g/mol. The molecule has 0 N–H and O–H groups in total. The molecule has 0 fully saturated rings. The van der Waals surface area contributed by atoms with Crippen LogP contribution >= 0.6 is 0 Å². The van der Waals surface area contributed by atoms with Crippen LogP contribution in [-0.2, 0) is 0 Å². The highest BCUT2D eigenvalue weighted by molar-refractivity contribution is 6.17. The van der Waals surface area contributed by atoms with Crippen molar-refractivity contribution in [1.29, 1.82) is 0 Å². The van der Waals surface area contributed by atoms with Crippen LogP contribution in [-0.4, -0.2) is 14.5 Å². The second-order valence-corrected chi connectivity index (χ2v) is 11.4. The highest BCUT2D eigenvalue weighted by Crippen LogP contribution is 2.41. The van der Waals surface area contributed by atoms with E-state index in [1.54, 1.807) is 0 Å². The summed E-state index contributed by atoms with van der Waals surface area (Å²) in [4.78, 5) is 10.4. The molecule has 0 aliphatic carbocycles. The molecule has 5 heteroatoms. The number of aromatic nitrogens is 3. The molecule has 10 aromatic rings. The predicted molar refractivity (Wildman–Crippen MR) is 182 cm³/mol. The Balaban J connectivity index is 1.30. The number of para-hydroxylation sites is 4. The number of hydrogen-bond acceptors (Lipinski definition) is 4. The fourth-order valence-corrected chi connectivity index (χ4v) is 6.81. The van der Waals surface area contributed by atoms with Crippen molar-refractivity contribution >= 4 is 65.8 Å². The second kappa shape index (κ2) is 9.15. The second-order valence-electron chi connectivity index (χ2n) is 11.4. The smallest absolute Gasteiger partial charge is 0.180 e. The minimum atomic E-state index is 0.638.